The van der Waals surface area contributed by atoms with Gasteiger partial charge in [-0.3, -0.25) is 0 Å². The van der Waals surface area contributed by atoms with Crippen LogP contribution in [-0.4, -0.2) is 79.5 Å². The number of methoxy groups -OCH3 is 1. The van der Waals surface area contributed by atoms with Crippen LogP contribution in [0.25, 0.3) is 11.0 Å². The molecule has 8 nitrogen and oxygen atoms in total. The van der Waals surface area contributed by atoms with Crippen molar-refractivity contribution in [2.45, 2.75) is 62.8 Å². The van der Waals surface area contributed by atoms with E-state index in [0.29, 0.717) is 37.2 Å². The minimum atomic E-state index is -0.598. The van der Waals surface area contributed by atoms with Crippen LogP contribution in [0.5, 0.6) is 11.6 Å². The lowest BCUT2D eigenvalue weighted by molar-refractivity contribution is -0.0834. The molecule has 3 aliphatic rings. The lowest BCUT2D eigenvalue weighted by atomic mass is 9.91. The van der Waals surface area contributed by atoms with Gasteiger partial charge in [0.2, 0.25) is 0 Å². The number of hydrogen-bond donors (Lipinski definition) is 1. The molecule has 33 heavy (non-hydrogen) atoms. The van der Waals surface area contributed by atoms with Gasteiger partial charge in [-0.15, -0.1) is 0 Å². The molecule has 0 bridgehead atoms. The fourth-order valence-corrected chi connectivity index (χ4v) is 5.42. The second-order valence-corrected chi connectivity index (χ2v) is 9.85. The summed E-state index contributed by atoms with van der Waals surface area (Å²) in [6.45, 7) is 4.61. The molecule has 5 rings (SSSR count). The first-order valence-corrected chi connectivity index (χ1v) is 12.4. The number of ether oxygens (including phenoxy) is 4. The van der Waals surface area contributed by atoms with Gasteiger partial charge in [-0.25, -0.2) is 0 Å². The number of rotatable bonds is 8. The number of likely N-dealkylation sites (tertiary alicyclic amines) is 1. The maximum Gasteiger partial charge on any atom is 0.265 e. The highest BCUT2D eigenvalue weighted by atomic mass is 16.6. The van der Waals surface area contributed by atoms with Crippen LogP contribution in [0.15, 0.2) is 22.7 Å². The van der Waals surface area contributed by atoms with Gasteiger partial charge in [0.25, 0.3) is 5.88 Å². The molecule has 0 unspecified atom stereocenters. The van der Waals surface area contributed by atoms with Crippen molar-refractivity contribution in [3.63, 3.8) is 0 Å². The van der Waals surface area contributed by atoms with Crippen LogP contribution < -0.4 is 9.47 Å². The second kappa shape index (κ2) is 10.2. The standard InChI is InChI=1S/C25H36N2O6/c1-29-19-4-2-5-20(19)32-21-6-3-7-22-23(21)24(26-33-22)31-16-18-8-12-27(13-9-18)17-25(28)10-14-30-15-11-25/h3,6-7,18-20,28H,2,4-5,8-17H2,1H3/t19-,20+/m1/s1. The normalized spacial score (nSPS) is 26.6. The number of aromatic nitrogens is 1. The minimum absolute atomic E-state index is 0.0400. The van der Waals surface area contributed by atoms with Crippen molar-refractivity contribution in [3.8, 4) is 11.6 Å². The Hall–Kier alpha value is -1.87. The molecule has 0 radical (unpaired) electrons. The van der Waals surface area contributed by atoms with Gasteiger partial charge in [0.05, 0.1) is 18.3 Å². The third kappa shape index (κ3) is 5.29. The van der Waals surface area contributed by atoms with Crippen LogP contribution in [0.4, 0.5) is 0 Å². The van der Waals surface area contributed by atoms with E-state index in [1.165, 1.54) is 0 Å². The van der Waals surface area contributed by atoms with Crippen LogP contribution in [0, 0.1) is 5.92 Å². The molecule has 2 aromatic rings. The van der Waals surface area contributed by atoms with Crippen molar-refractivity contribution in [1.29, 1.82) is 0 Å². The summed E-state index contributed by atoms with van der Waals surface area (Å²) >= 11 is 0. The molecule has 0 amide bonds. The van der Waals surface area contributed by atoms with Crippen LogP contribution in [-0.2, 0) is 9.47 Å². The molecular weight excluding hydrogens is 424 g/mol. The summed E-state index contributed by atoms with van der Waals surface area (Å²) in [6, 6.07) is 5.77. The van der Waals surface area contributed by atoms with Crippen LogP contribution >= 0.6 is 0 Å². The van der Waals surface area contributed by atoms with Gasteiger partial charge in [0.1, 0.15) is 17.2 Å². The van der Waals surface area contributed by atoms with Gasteiger partial charge in [-0.1, -0.05) is 6.07 Å². The Morgan fingerprint density at radius 1 is 1.12 bits per heavy atom. The molecule has 182 valence electrons. The molecule has 2 aliphatic heterocycles. The summed E-state index contributed by atoms with van der Waals surface area (Å²) in [5.41, 5.74) is 0.0765. The van der Waals surface area contributed by atoms with E-state index in [1.54, 1.807) is 7.11 Å². The highest BCUT2D eigenvalue weighted by Gasteiger charge is 2.34. The Kier molecular flexibility index (Phi) is 7.06. The van der Waals surface area contributed by atoms with Crippen LogP contribution in [0.2, 0.25) is 0 Å². The number of β-amino-alcohol motifs (C(OH)–C–C–N with tert-alkyl or cyclic N) is 1. The average molecular weight is 461 g/mol. The van der Waals surface area contributed by atoms with Crippen LogP contribution in [0.1, 0.15) is 44.9 Å². The predicted octanol–water partition coefficient (Wildman–Crippen LogP) is 3.41. The van der Waals surface area contributed by atoms with Crippen molar-refractivity contribution in [2.24, 2.45) is 5.92 Å². The summed E-state index contributed by atoms with van der Waals surface area (Å²) in [5.74, 6) is 1.71. The highest BCUT2D eigenvalue weighted by Crippen LogP contribution is 2.37. The molecule has 1 aromatic heterocycles. The lowest BCUT2D eigenvalue weighted by Gasteiger charge is -2.39. The zero-order chi connectivity index (χ0) is 22.7. The van der Waals surface area contributed by atoms with Crippen molar-refractivity contribution in [3.05, 3.63) is 18.2 Å². The fourth-order valence-electron chi connectivity index (χ4n) is 5.42. The van der Waals surface area contributed by atoms with Gasteiger partial charge in [0.15, 0.2) is 5.58 Å². The van der Waals surface area contributed by atoms with E-state index in [0.717, 1.165) is 75.7 Å². The third-order valence-electron chi connectivity index (χ3n) is 7.51. The molecular formula is C25H36N2O6. The van der Waals surface area contributed by atoms with E-state index in [2.05, 4.69) is 10.1 Å². The van der Waals surface area contributed by atoms with E-state index < -0.39 is 5.60 Å². The number of benzene rings is 1. The summed E-state index contributed by atoms with van der Waals surface area (Å²) in [5, 5.41) is 15.8. The molecule has 3 heterocycles. The van der Waals surface area contributed by atoms with Crippen molar-refractivity contribution < 1.29 is 28.6 Å². The van der Waals surface area contributed by atoms with Gasteiger partial charge in [-0.05, 0) is 68.4 Å². The molecule has 8 heteroatoms. The van der Waals surface area contributed by atoms with Crippen molar-refractivity contribution in [1.82, 2.24) is 10.1 Å². The summed E-state index contributed by atoms with van der Waals surface area (Å²) < 4.78 is 29.0. The maximum atomic E-state index is 10.8. The number of aliphatic hydroxyl groups is 1. The number of nitrogens with zero attached hydrogens (tertiary/aromatic N) is 2. The average Bonchev–Trinajstić information content (AvgIpc) is 3.46. The van der Waals surface area contributed by atoms with E-state index in [4.69, 9.17) is 23.5 Å². The van der Waals surface area contributed by atoms with E-state index in [1.807, 2.05) is 18.2 Å². The zero-order valence-electron chi connectivity index (χ0n) is 19.5. The van der Waals surface area contributed by atoms with Crippen molar-refractivity contribution in [2.75, 3.05) is 46.6 Å². The quantitative estimate of drug-likeness (QED) is 0.642. The van der Waals surface area contributed by atoms with Gasteiger partial charge in [-0.2, -0.15) is 0 Å². The summed E-state index contributed by atoms with van der Waals surface area (Å²) in [7, 11) is 1.75. The summed E-state index contributed by atoms with van der Waals surface area (Å²) in [4.78, 5) is 2.38. The number of hydrogen-bond acceptors (Lipinski definition) is 8. The molecule has 1 N–H and O–H groups in total. The van der Waals surface area contributed by atoms with E-state index in [-0.39, 0.29) is 12.2 Å². The first-order chi connectivity index (χ1) is 16.1. The Morgan fingerprint density at radius 3 is 2.70 bits per heavy atom. The first kappa shape index (κ1) is 22.9. The highest BCUT2D eigenvalue weighted by molar-refractivity contribution is 5.88. The molecule has 3 fully saturated rings. The third-order valence-corrected chi connectivity index (χ3v) is 7.51. The first-order valence-electron chi connectivity index (χ1n) is 12.4. The zero-order valence-corrected chi connectivity index (χ0v) is 19.5. The van der Waals surface area contributed by atoms with E-state index >= 15 is 0 Å². The monoisotopic (exact) mass is 460 g/mol. The number of piperidine rings is 1. The predicted molar refractivity (Wildman–Crippen MR) is 123 cm³/mol. The van der Waals surface area contributed by atoms with Gasteiger partial charge in [0, 0.05) is 39.7 Å². The Morgan fingerprint density at radius 2 is 1.91 bits per heavy atom. The molecule has 1 saturated carbocycles. The van der Waals surface area contributed by atoms with Gasteiger partial charge >= 0.3 is 0 Å². The summed E-state index contributed by atoms with van der Waals surface area (Å²) in [6.07, 6.45) is 6.82. The Labute approximate surface area is 195 Å². The Balaban J connectivity index is 1.17. The largest absolute Gasteiger partial charge is 0.487 e. The minimum Gasteiger partial charge on any atom is -0.487 e. The smallest absolute Gasteiger partial charge is 0.265 e. The van der Waals surface area contributed by atoms with Crippen molar-refractivity contribution >= 4 is 11.0 Å². The number of fused-ring (bicyclic) bond motifs is 1. The van der Waals surface area contributed by atoms with Gasteiger partial charge < -0.3 is 33.5 Å². The molecule has 0 spiro atoms. The van der Waals surface area contributed by atoms with Crippen LogP contribution in [0.3, 0.4) is 0 Å². The lowest BCUT2D eigenvalue weighted by Crippen LogP contribution is -2.49. The molecule has 1 aliphatic carbocycles. The SMILES string of the molecule is CO[C@@H]1CCC[C@@H]1Oc1cccc2onc(OCC3CCN(CC4(O)CCOCC4)CC3)c12. The molecule has 2 atom stereocenters. The maximum absolute atomic E-state index is 10.8. The second-order valence-electron chi connectivity index (χ2n) is 9.85. The topological polar surface area (TPSA) is 86.4 Å². The molecule has 2 saturated heterocycles. The fraction of sp³-hybridized carbons (Fsp3) is 0.720. The molecule has 1 aromatic carbocycles. The Bertz CT molecular complexity index is 903. The van der Waals surface area contributed by atoms with E-state index in [9.17, 15) is 5.11 Å².